The molecule has 2 unspecified atom stereocenters. The molecule has 11 heteroatoms. The fourth-order valence-corrected chi connectivity index (χ4v) is 4.26. The number of benzene rings is 1. The van der Waals surface area contributed by atoms with E-state index in [1.165, 1.54) is 48.1 Å². The summed E-state index contributed by atoms with van der Waals surface area (Å²) in [6.07, 6.45) is -11.6. The highest BCUT2D eigenvalue weighted by atomic mass is 127. The molecule has 1 aromatic rings. The maximum absolute atomic E-state index is 15.8. The molecule has 0 saturated carbocycles. The number of nitrogens with zero attached hydrogens (tertiary/aromatic N) is 1. The maximum atomic E-state index is 15.8. The first-order valence-corrected chi connectivity index (χ1v) is 9.31. The summed E-state index contributed by atoms with van der Waals surface area (Å²) >= 11 is 1.41. The molecule has 0 spiro atoms. The van der Waals surface area contributed by atoms with Gasteiger partial charge in [-0.05, 0) is 44.2 Å². The van der Waals surface area contributed by atoms with Gasteiger partial charge in [0, 0.05) is 6.42 Å². The van der Waals surface area contributed by atoms with Crippen molar-refractivity contribution in [3.63, 3.8) is 0 Å². The van der Waals surface area contributed by atoms with Crippen molar-refractivity contribution in [1.29, 1.82) is 5.26 Å². The van der Waals surface area contributed by atoms with Crippen LogP contribution in [0.5, 0.6) is 0 Å². The Balaban J connectivity index is 3.15. The van der Waals surface area contributed by atoms with E-state index in [1.54, 1.807) is 0 Å². The van der Waals surface area contributed by atoms with Crippen molar-refractivity contribution in [2.45, 2.75) is 42.7 Å². The van der Waals surface area contributed by atoms with Crippen molar-refractivity contribution in [3.05, 3.63) is 63.1 Å². The number of nitriles is 1. The Morgan fingerprint density at radius 2 is 1.50 bits per heavy atom. The van der Waals surface area contributed by atoms with Crippen molar-refractivity contribution in [1.82, 2.24) is 0 Å². The molecule has 0 saturated heterocycles. The van der Waals surface area contributed by atoms with E-state index in [0.29, 0.717) is 12.2 Å². The van der Waals surface area contributed by atoms with Gasteiger partial charge in [-0.1, -0.05) is 42.8 Å². The second-order valence-electron chi connectivity index (χ2n) is 6.50. The number of allylic oxidation sites excluding steroid dienone is 4. The Bertz CT molecular complexity index is 923. The van der Waals surface area contributed by atoms with Crippen LogP contribution in [0.15, 0.2) is 45.6 Å². The highest BCUT2D eigenvalue weighted by molar-refractivity contribution is 14.1. The summed E-state index contributed by atoms with van der Waals surface area (Å²) < 4.78 is 126. The maximum Gasteiger partial charge on any atom is 0.457 e. The Kier molecular flexibility index (Phi) is 6.36. The van der Waals surface area contributed by atoms with Crippen LogP contribution in [0.2, 0.25) is 0 Å². The standard InChI is InChI=1S/C19H12F9IN/c1-2-11-7-13(29)9-15(8-11,14-6-4-3-5-12(14)10-30)16(20,18(23,24)25)17(21,22)19(26,27)28/h3-9H,2H2,1H3. The molecule has 30 heavy (non-hydrogen) atoms. The van der Waals surface area contributed by atoms with Gasteiger partial charge in [0.05, 0.1) is 17.0 Å². The summed E-state index contributed by atoms with van der Waals surface area (Å²) in [7, 11) is 0. The predicted octanol–water partition coefficient (Wildman–Crippen LogP) is 7.14. The monoisotopic (exact) mass is 552 g/mol. The van der Waals surface area contributed by atoms with E-state index in [1.807, 2.05) is 0 Å². The zero-order chi connectivity index (χ0) is 23.2. The molecule has 0 fully saturated rings. The Morgan fingerprint density at radius 1 is 0.933 bits per heavy atom. The van der Waals surface area contributed by atoms with Crippen LogP contribution < -0.4 is 0 Å². The zero-order valence-corrected chi connectivity index (χ0v) is 17.1. The zero-order valence-electron chi connectivity index (χ0n) is 15.0. The summed E-state index contributed by atoms with van der Waals surface area (Å²) in [5.74, 6) is -6.85. The molecule has 0 amide bonds. The molecular weight excluding hydrogens is 540 g/mol. The molecule has 0 N–H and O–H groups in total. The van der Waals surface area contributed by atoms with E-state index >= 15 is 4.39 Å². The third-order valence-corrected chi connectivity index (χ3v) is 5.38. The van der Waals surface area contributed by atoms with Crippen molar-refractivity contribution >= 4 is 22.6 Å². The van der Waals surface area contributed by atoms with Crippen LogP contribution in [-0.4, -0.2) is 23.9 Å². The van der Waals surface area contributed by atoms with Crippen molar-refractivity contribution in [3.8, 4) is 6.07 Å². The lowest BCUT2D eigenvalue weighted by molar-refractivity contribution is -0.392. The summed E-state index contributed by atoms with van der Waals surface area (Å²) in [4.78, 5) is 0. The summed E-state index contributed by atoms with van der Waals surface area (Å²) in [5, 5.41) is 9.27. The normalized spacial score (nSPS) is 22.6. The molecule has 1 aromatic carbocycles. The molecule has 0 aromatic heterocycles. The second-order valence-corrected chi connectivity index (χ2v) is 7.75. The summed E-state index contributed by atoms with van der Waals surface area (Å²) in [6, 6.07) is 5.29. The largest absolute Gasteiger partial charge is 0.457 e. The molecule has 1 aliphatic rings. The minimum Gasteiger partial charge on any atom is -0.225 e. The molecule has 1 nitrogen and oxygen atoms in total. The van der Waals surface area contributed by atoms with E-state index in [9.17, 15) is 40.4 Å². The average Bonchev–Trinajstić information content (AvgIpc) is 2.64. The van der Waals surface area contributed by atoms with Gasteiger partial charge < -0.3 is 0 Å². The van der Waals surface area contributed by atoms with Gasteiger partial charge in [-0.25, -0.2) is 4.39 Å². The lowest BCUT2D eigenvalue weighted by Gasteiger charge is -2.48. The average molecular weight is 552 g/mol. The predicted molar refractivity (Wildman–Crippen MR) is 98.5 cm³/mol. The molecule has 163 valence electrons. The van der Waals surface area contributed by atoms with Gasteiger partial charge in [0.1, 0.15) is 0 Å². The topological polar surface area (TPSA) is 23.8 Å². The first-order valence-electron chi connectivity index (χ1n) is 8.23. The van der Waals surface area contributed by atoms with E-state index in [4.69, 9.17) is 0 Å². The highest BCUT2D eigenvalue weighted by Gasteiger charge is 2.87. The van der Waals surface area contributed by atoms with Crippen LogP contribution >= 0.6 is 22.6 Å². The summed E-state index contributed by atoms with van der Waals surface area (Å²) in [6.45, 7) is 1.41. The van der Waals surface area contributed by atoms with Crippen LogP contribution in [0.3, 0.4) is 0 Å². The van der Waals surface area contributed by atoms with Gasteiger partial charge in [-0.3, -0.25) is 0 Å². The van der Waals surface area contributed by atoms with Gasteiger partial charge in [0.15, 0.2) is 0 Å². The molecule has 0 heterocycles. The SMILES string of the molecule is CCC1=CC(c2ccccc2C#N)(C(F)(C(F)(F)F)C(F)(F)C(F)(F)F)C=C(I)[CH]1. The number of hydrogen-bond acceptors (Lipinski definition) is 1. The van der Waals surface area contributed by atoms with Crippen molar-refractivity contribution in [2.75, 3.05) is 0 Å². The molecule has 1 radical (unpaired) electrons. The van der Waals surface area contributed by atoms with Gasteiger partial charge >= 0.3 is 18.3 Å². The van der Waals surface area contributed by atoms with Crippen LogP contribution in [-0.2, 0) is 5.41 Å². The van der Waals surface area contributed by atoms with Gasteiger partial charge in [-0.15, -0.1) is 0 Å². The Labute approximate surface area is 179 Å². The quantitative estimate of drug-likeness (QED) is 0.288. The van der Waals surface area contributed by atoms with E-state index in [-0.39, 0.29) is 15.6 Å². The van der Waals surface area contributed by atoms with Crippen LogP contribution in [0, 0.1) is 17.8 Å². The smallest absolute Gasteiger partial charge is 0.225 e. The number of halogens is 10. The molecular formula is C19H12F9IN. The Hall–Kier alpha value is -1.71. The first-order chi connectivity index (χ1) is 13.6. The van der Waals surface area contributed by atoms with Gasteiger partial charge in [0.25, 0.3) is 5.67 Å². The van der Waals surface area contributed by atoms with Crippen LogP contribution in [0.1, 0.15) is 24.5 Å². The molecule has 1 aliphatic carbocycles. The molecule has 0 aliphatic heterocycles. The third-order valence-electron chi connectivity index (χ3n) is 4.75. The Morgan fingerprint density at radius 3 is 1.97 bits per heavy atom. The lowest BCUT2D eigenvalue weighted by atomic mass is 9.61. The van der Waals surface area contributed by atoms with E-state index in [2.05, 4.69) is 0 Å². The summed E-state index contributed by atoms with van der Waals surface area (Å²) in [5.41, 5.74) is -11.5. The molecule has 2 rings (SSSR count). The van der Waals surface area contributed by atoms with Crippen molar-refractivity contribution < 1.29 is 39.5 Å². The van der Waals surface area contributed by atoms with Crippen LogP contribution in [0.4, 0.5) is 39.5 Å². The second kappa shape index (κ2) is 7.76. The number of alkyl halides is 9. The fraction of sp³-hybridized carbons (Fsp3) is 0.368. The highest BCUT2D eigenvalue weighted by Crippen LogP contribution is 2.63. The number of rotatable bonds is 4. The van der Waals surface area contributed by atoms with E-state index < -0.39 is 40.5 Å². The molecule has 0 bridgehead atoms. The molecule has 2 atom stereocenters. The first kappa shape index (κ1) is 24.6. The van der Waals surface area contributed by atoms with Crippen molar-refractivity contribution in [2.24, 2.45) is 0 Å². The minimum absolute atomic E-state index is 0.0810. The van der Waals surface area contributed by atoms with E-state index in [0.717, 1.165) is 18.2 Å². The van der Waals surface area contributed by atoms with Gasteiger partial charge in [-0.2, -0.15) is 40.4 Å². The fourth-order valence-electron chi connectivity index (χ4n) is 3.37. The minimum atomic E-state index is -6.87. The van der Waals surface area contributed by atoms with Crippen LogP contribution in [0.25, 0.3) is 0 Å². The van der Waals surface area contributed by atoms with Gasteiger partial charge in [0.2, 0.25) is 0 Å². The lowest BCUT2D eigenvalue weighted by Crippen LogP contribution is -2.71. The number of hydrogen-bond donors (Lipinski definition) is 0. The third kappa shape index (κ3) is 3.50.